The minimum Gasteiger partial charge on any atom is -0.493 e. The Morgan fingerprint density at radius 1 is 1.11 bits per heavy atom. The van der Waals surface area contributed by atoms with Crippen LogP contribution in [0.2, 0.25) is 5.02 Å². The van der Waals surface area contributed by atoms with Gasteiger partial charge in [-0.15, -0.1) is 0 Å². The van der Waals surface area contributed by atoms with Crippen LogP contribution >= 0.6 is 59.4 Å². The van der Waals surface area contributed by atoms with Crippen LogP contribution in [0.15, 0.2) is 71.8 Å². The maximum Gasteiger partial charge on any atom is 0.282 e. The van der Waals surface area contributed by atoms with Crippen molar-refractivity contribution in [3.63, 3.8) is 0 Å². The molecule has 0 amide bonds. The Balaban J connectivity index is 1.72. The van der Waals surface area contributed by atoms with E-state index in [-0.39, 0.29) is 12.2 Å². The normalized spacial score (nSPS) is 11.4. The molecule has 0 aliphatic carbocycles. The highest BCUT2D eigenvalue weighted by atomic mass is 79.9. The first-order valence-corrected chi connectivity index (χ1v) is 13.3. The molecule has 0 saturated heterocycles. The molecule has 0 unspecified atom stereocenters. The molecule has 35 heavy (non-hydrogen) atoms. The molecule has 0 N–H and O–H groups in total. The van der Waals surface area contributed by atoms with Crippen LogP contribution in [-0.4, -0.2) is 23.0 Å². The number of benzene rings is 3. The van der Waals surface area contributed by atoms with E-state index in [0.717, 1.165) is 10.0 Å². The van der Waals surface area contributed by atoms with Gasteiger partial charge in [0, 0.05) is 31.5 Å². The van der Waals surface area contributed by atoms with Crippen molar-refractivity contribution in [2.75, 3.05) is 7.11 Å². The summed E-state index contributed by atoms with van der Waals surface area (Å²) in [7, 11) is 1.56. The molecule has 10 heteroatoms. The molecule has 0 aliphatic rings. The lowest BCUT2D eigenvalue weighted by atomic mass is 10.2. The van der Waals surface area contributed by atoms with E-state index in [4.69, 9.17) is 21.1 Å². The molecule has 0 bridgehead atoms. The summed E-state index contributed by atoms with van der Waals surface area (Å²) in [4.78, 5) is 17.8. The van der Waals surface area contributed by atoms with Crippen molar-refractivity contribution in [2.24, 2.45) is 5.10 Å². The third-order valence-corrected chi connectivity index (χ3v) is 8.21. The molecule has 0 saturated carbocycles. The van der Waals surface area contributed by atoms with Crippen LogP contribution in [0.25, 0.3) is 10.9 Å². The minimum atomic E-state index is -0.244. The summed E-state index contributed by atoms with van der Waals surface area (Å²) in [5.74, 6) is 1.57. The number of fused-ring (bicyclic) bond motifs is 1. The number of hydrogen-bond acceptors (Lipinski definition) is 5. The molecular formula is C25H19Br3ClN3O3. The number of aryl methyl sites for hydroxylation is 1. The van der Waals surface area contributed by atoms with E-state index in [9.17, 15) is 4.79 Å². The first-order valence-electron chi connectivity index (χ1n) is 10.5. The number of ether oxygens (including phenoxy) is 2. The van der Waals surface area contributed by atoms with E-state index in [0.29, 0.717) is 54.2 Å². The Hall–Kier alpha value is -2.20. The quantitative estimate of drug-likeness (QED) is 0.191. The van der Waals surface area contributed by atoms with Gasteiger partial charge in [-0.3, -0.25) is 4.79 Å². The maximum atomic E-state index is 13.2. The highest BCUT2D eigenvalue weighted by Crippen LogP contribution is 2.42. The number of halogens is 4. The van der Waals surface area contributed by atoms with E-state index in [2.05, 4.69) is 57.9 Å². The molecule has 4 aromatic rings. The number of methoxy groups -OCH3 is 1. The van der Waals surface area contributed by atoms with E-state index < -0.39 is 0 Å². The summed E-state index contributed by atoms with van der Waals surface area (Å²) in [5.41, 5.74) is 1.92. The van der Waals surface area contributed by atoms with Gasteiger partial charge in [0.1, 0.15) is 12.4 Å². The molecule has 0 fully saturated rings. The SMILES string of the molecule is CCc1nc2ccc(Br)cc2c(=O)n1N=Cc1cc(OC)c(OCc2ccccc2Cl)c(Br)c1Br. The highest BCUT2D eigenvalue weighted by Gasteiger charge is 2.18. The zero-order valence-electron chi connectivity index (χ0n) is 18.7. The van der Waals surface area contributed by atoms with E-state index in [1.165, 1.54) is 4.68 Å². The number of nitrogens with zero attached hydrogens (tertiary/aromatic N) is 3. The first kappa shape index (κ1) is 25.9. The fourth-order valence-electron chi connectivity index (χ4n) is 3.41. The molecule has 3 aromatic carbocycles. The molecule has 6 nitrogen and oxygen atoms in total. The molecule has 0 atom stereocenters. The predicted octanol–water partition coefficient (Wildman–Crippen LogP) is 7.37. The van der Waals surface area contributed by atoms with Crippen LogP contribution in [0.4, 0.5) is 0 Å². The van der Waals surface area contributed by atoms with Gasteiger partial charge < -0.3 is 9.47 Å². The summed E-state index contributed by atoms with van der Waals surface area (Å²) in [6.45, 7) is 2.20. The summed E-state index contributed by atoms with van der Waals surface area (Å²) in [6.07, 6.45) is 2.13. The lowest BCUT2D eigenvalue weighted by molar-refractivity contribution is 0.282. The highest BCUT2D eigenvalue weighted by molar-refractivity contribution is 9.13. The van der Waals surface area contributed by atoms with Crippen LogP contribution in [0, 0.1) is 0 Å². The van der Waals surface area contributed by atoms with Crippen molar-refractivity contribution in [1.29, 1.82) is 0 Å². The molecule has 1 heterocycles. The van der Waals surface area contributed by atoms with Crippen molar-refractivity contribution in [1.82, 2.24) is 9.66 Å². The van der Waals surface area contributed by atoms with Crippen molar-refractivity contribution in [2.45, 2.75) is 20.0 Å². The number of aromatic nitrogens is 2. The second-order valence-electron chi connectivity index (χ2n) is 7.41. The standard InChI is InChI=1S/C25H19Br3ClN3O3/c1-3-21-31-19-9-8-16(26)11-17(19)25(33)32(21)30-12-15-10-20(34-2)24(23(28)22(15)27)35-13-14-6-4-5-7-18(14)29/h4-12H,3,13H2,1-2H3. The Labute approximate surface area is 232 Å². The predicted molar refractivity (Wildman–Crippen MR) is 150 cm³/mol. The fraction of sp³-hybridized carbons (Fsp3) is 0.160. The van der Waals surface area contributed by atoms with Gasteiger partial charge in [0.05, 0.1) is 28.7 Å². The van der Waals surface area contributed by atoms with Crippen LogP contribution < -0.4 is 15.0 Å². The van der Waals surface area contributed by atoms with Gasteiger partial charge in [-0.1, -0.05) is 52.7 Å². The average molecular weight is 685 g/mol. The van der Waals surface area contributed by atoms with Crippen molar-refractivity contribution >= 4 is 76.5 Å². The first-order chi connectivity index (χ1) is 16.8. The van der Waals surface area contributed by atoms with Crippen LogP contribution in [0.3, 0.4) is 0 Å². The molecule has 1 aromatic heterocycles. The van der Waals surface area contributed by atoms with Gasteiger partial charge in [0.15, 0.2) is 11.5 Å². The number of rotatable bonds is 7. The summed E-state index contributed by atoms with van der Waals surface area (Å²) in [5, 5.41) is 5.58. The van der Waals surface area contributed by atoms with Crippen molar-refractivity contribution in [3.8, 4) is 11.5 Å². The smallest absolute Gasteiger partial charge is 0.282 e. The molecule has 0 spiro atoms. The Kier molecular flexibility index (Phi) is 8.31. The van der Waals surface area contributed by atoms with Gasteiger partial charge in [0.25, 0.3) is 5.56 Å². The molecule has 0 aliphatic heterocycles. The second-order valence-corrected chi connectivity index (χ2v) is 10.3. The molecule has 4 rings (SSSR count). The summed E-state index contributed by atoms with van der Waals surface area (Å²) < 4.78 is 15.1. The van der Waals surface area contributed by atoms with Crippen LogP contribution in [0.1, 0.15) is 23.9 Å². The summed E-state index contributed by atoms with van der Waals surface area (Å²) >= 11 is 16.9. The van der Waals surface area contributed by atoms with E-state index in [1.54, 1.807) is 25.5 Å². The third-order valence-electron chi connectivity index (χ3n) is 5.21. The third kappa shape index (κ3) is 5.48. The molecule has 180 valence electrons. The topological polar surface area (TPSA) is 65.7 Å². The van der Waals surface area contributed by atoms with Gasteiger partial charge in [-0.05, 0) is 62.2 Å². The van der Waals surface area contributed by atoms with Gasteiger partial charge in [-0.2, -0.15) is 9.78 Å². The average Bonchev–Trinajstić information content (AvgIpc) is 2.86. The summed E-state index contributed by atoms with van der Waals surface area (Å²) in [6, 6.07) is 14.7. The molecule has 0 radical (unpaired) electrons. The second kappa shape index (κ2) is 11.2. The van der Waals surface area contributed by atoms with Gasteiger partial charge in [0.2, 0.25) is 0 Å². The monoisotopic (exact) mass is 681 g/mol. The zero-order valence-corrected chi connectivity index (χ0v) is 24.2. The maximum absolute atomic E-state index is 13.2. The Morgan fingerprint density at radius 3 is 2.60 bits per heavy atom. The number of hydrogen-bond donors (Lipinski definition) is 0. The largest absolute Gasteiger partial charge is 0.493 e. The van der Waals surface area contributed by atoms with Gasteiger partial charge >= 0.3 is 0 Å². The Bertz CT molecular complexity index is 1510. The zero-order chi connectivity index (χ0) is 25.1. The van der Waals surface area contributed by atoms with E-state index in [1.807, 2.05) is 43.3 Å². The lowest BCUT2D eigenvalue weighted by Gasteiger charge is -2.16. The lowest BCUT2D eigenvalue weighted by Crippen LogP contribution is -2.22. The van der Waals surface area contributed by atoms with Crippen molar-refractivity contribution < 1.29 is 9.47 Å². The fourth-order valence-corrected chi connectivity index (χ4v) is 4.90. The Morgan fingerprint density at radius 2 is 1.89 bits per heavy atom. The molecular weight excluding hydrogens is 665 g/mol. The van der Waals surface area contributed by atoms with E-state index >= 15 is 0 Å². The van der Waals surface area contributed by atoms with Crippen molar-refractivity contribution in [3.05, 3.63) is 94.3 Å². The minimum absolute atomic E-state index is 0.244. The van der Waals surface area contributed by atoms with Crippen LogP contribution in [0.5, 0.6) is 11.5 Å². The van der Waals surface area contributed by atoms with Crippen LogP contribution in [-0.2, 0) is 13.0 Å². The van der Waals surface area contributed by atoms with Gasteiger partial charge in [-0.25, -0.2) is 4.98 Å².